The summed E-state index contributed by atoms with van der Waals surface area (Å²) in [5.74, 6) is -0.0660. The average Bonchev–Trinajstić information content (AvgIpc) is 3.18. The quantitative estimate of drug-likeness (QED) is 0.434. The van der Waals surface area contributed by atoms with Crippen LogP contribution in [0.3, 0.4) is 0 Å². The summed E-state index contributed by atoms with van der Waals surface area (Å²) in [7, 11) is -1.42. The van der Waals surface area contributed by atoms with Crippen molar-refractivity contribution in [3.63, 3.8) is 0 Å². The first-order chi connectivity index (χ1) is 17.1. The zero-order valence-electron chi connectivity index (χ0n) is 19.2. The van der Waals surface area contributed by atoms with E-state index in [2.05, 4.69) is 4.98 Å². The number of imidazole rings is 1. The molecular weight excluding hydrogens is 507 g/mol. The zero-order valence-corrected chi connectivity index (χ0v) is 20.8. The molecule has 0 spiro atoms. The molecule has 0 aliphatic carbocycles. The Morgan fingerprint density at radius 1 is 1.00 bits per heavy atom. The molecule has 2 aromatic heterocycles. The standard InChI is InChI=1S/C25H22ClFN4O4S/c1-29-6-7-31(25(29)33)22-3-2-16(12-21(22)26)19-14-18(27)15-20(24(19)32)17-4-5-28-23(13-17)30-8-10-36(34,35)11-9-30/h2-7,12-15,32H,8-11H2,1H3. The molecule has 0 unspecified atom stereocenters. The molecule has 0 bridgehead atoms. The van der Waals surface area contributed by atoms with E-state index in [9.17, 15) is 22.7 Å². The SMILES string of the molecule is Cn1ccn(-c2ccc(-c3cc(F)cc(-c4ccnc(N5CCS(=O)(=O)CC5)c4)c3O)cc2Cl)c1=O. The lowest BCUT2D eigenvalue weighted by molar-refractivity contribution is 0.477. The maximum absolute atomic E-state index is 14.7. The molecule has 1 saturated heterocycles. The second-order valence-electron chi connectivity index (χ2n) is 8.62. The summed E-state index contributed by atoms with van der Waals surface area (Å²) in [6, 6.07) is 10.7. The van der Waals surface area contributed by atoms with Gasteiger partial charge in [-0.2, -0.15) is 0 Å². The van der Waals surface area contributed by atoms with E-state index in [0.717, 1.165) is 0 Å². The van der Waals surface area contributed by atoms with Crippen molar-refractivity contribution in [3.8, 4) is 33.7 Å². The minimum Gasteiger partial charge on any atom is -0.507 e. The smallest absolute Gasteiger partial charge is 0.332 e. The van der Waals surface area contributed by atoms with E-state index < -0.39 is 15.7 Å². The fourth-order valence-electron chi connectivity index (χ4n) is 4.26. The number of benzene rings is 2. The van der Waals surface area contributed by atoms with Gasteiger partial charge in [0, 0.05) is 49.9 Å². The van der Waals surface area contributed by atoms with E-state index in [-0.39, 0.29) is 39.1 Å². The van der Waals surface area contributed by atoms with Gasteiger partial charge in [-0.25, -0.2) is 22.6 Å². The third-order valence-electron chi connectivity index (χ3n) is 6.26. The number of hydrogen-bond acceptors (Lipinski definition) is 6. The van der Waals surface area contributed by atoms with Crippen molar-refractivity contribution >= 4 is 27.3 Å². The molecule has 11 heteroatoms. The average molecular weight is 529 g/mol. The van der Waals surface area contributed by atoms with Crippen molar-refractivity contribution in [1.82, 2.24) is 14.1 Å². The van der Waals surface area contributed by atoms with Crippen LogP contribution in [0, 0.1) is 5.82 Å². The molecule has 186 valence electrons. The van der Waals surface area contributed by atoms with Crippen LogP contribution < -0.4 is 10.6 Å². The van der Waals surface area contributed by atoms with E-state index in [1.54, 1.807) is 56.0 Å². The van der Waals surface area contributed by atoms with E-state index in [1.165, 1.54) is 21.3 Å². The number of aromatic nitrogens is 3. The second-order valence-corrected chi connectivity index (χ2v) is 11.3. The molecule has 4 aromatic rings. The fourth-order valence-corrected chi connectivity index (χ4v) is 5.73. The van der Waals surface area contributed by atoms with Gasteiger partial charge in [0.25, 0.3) is 0 Å². The van der Waals surface area contributed by atoms with Gasteiger partial charge in [0.1, 0.15) is 17.4 Å². The van der Waals surface area contributed by atoms with Gasteiger partial charge < -0.3 is 14.6 Å². The molecule has 1 aliphatic heterocycles. The molecule has 0 radical (unpaired) electrons. The summed E-state index contributed by atoms with van der Waals surface area (Å²) >= 11 is 6.47. The number of anilines is 1. The van der Waals surface area contributed by atoms with Gasteiger partial charge in [0.05, 0.1) is 22.2 Å². The van der Waals surface area contributed by atoms with Crippen LogP contribution in [0.15, 0.2) is 65.8 Å². The van der Waals surface area contributed by atoms with Gasteiger partial charge in [-0.3, -0.25) is 4.57 Å². The lowest BCUT2D eigenvalue weighted by atomic mass is 9.97. The first kappa shape index (κ1) is 24.1. The summed E-state index contributed by atoms with van der Waals surface area (Å²) in [6.45, 7) is 0.628. The Morgan fingerprint density at radius 3 is 2.28 bits per heavy atom. The predicted molar refractivity (Wildman–Crippen MR) is 137 cm³/mol. The normalized spacial score (nSPS) is 15.2. The number of hydrogen-bond donors (Lipinski definition) is 1. The van der Waals surface area contributed by atoms with Crippen molar-refractivity contribution in [1.29, 1.82) is 0 Å². The Bertz CT molecular complexity index is 1630. The number of nitrogens with zero attached hydrogens (tertiary/aromatic N) is 4. The highest BCUT2D eigenvalue weighted by molar-refractivity contribution is 7.91. The van der Waals surface area contributed by atoms with E-state index in [0.29, 0.717) is 35.7 Å². The number of rotatable bonds is 4. The van der Waals surface area contributed by atoms with Gasteiger partial charge in [-0.1, -0.05) is 17.7 Å². The molecule has 0 saturated carbocycles. The van der Waals surface area contributed by atoms with Crippen molar-refractivity contribution in [2.24, 2.45) is 7.05 Å². The molecule has 0 atom stereocenters. The molecule has 0 amide bonds. The highest BCUT2D eigenvalue weighted by Crippen LogP contribution is 2.40. The Labute approximate surface area is 211 Å². The summed E-state index contributed by atoms with van der Waals surface area (Å²) in [5.41, 5.74) is 1.70. The lowest BCUT2D eigenvalue weighted by Gasteiger charge is -2.28. The molecule has 8 nitrogen and oxygen atoms in total. The third-order valence-corrected chi connectivity index (χ3v) is 8.18. The van der Waals surface area contributed by atoms with E-state index >= 15 is 0 Å². The highest BCUT2D eigenvalue weighted by atomic mass is 35.5. The number of aromatic hydroxyl groups is 1. The Kier molecular flexibility index (Phi) is 6.09. The predicted octanol–water partition coefficient (Wildman–Crippen LogP) is 3.64. The number of phenols is 1. The maximum Gasteiger partial charge on any atom is 0.332 e. The van der Waals surface area contributed by atoms with Gasteiger partial charge in [-0.15, -0.1) is 0 Å². The Balaban J connectivity index is 1.52. The number of pyridine rings is 1. The van der Waals surface area contributed by atoms with Crippen LogP contribution in [0.25, 0.3) is 27.9 Å². The number of aryl methyl sites for hydroxylation is 1. The first-order valence-electron chi connectivity index (χ1n) is 11.1. The molecule has 2 aromatic carbocycles. The first-order valence-corrected chi connectivity index (χ1v) is 13.3. The Hall–Kier alpha value is -3.63. The molecule has 1 fully saturated rings. The minimum atomic E-state index is -3.05. The maximum atomic E-state index is 14.7. The molecule has 5 rings (SSSR count). The van der Waals surface area contributed by atoms with Gasteiger partial charge >= 0.3 is 5.69 Å². The van der Waals surface area contributed by atoms with Crippen molar-refractivity contribution in [3.05, 3.63) is 82.4 Å². The van der Waals surface area contributed by atoms with Crippen LogP contribution >= 0.6 is 11.6 Å². The number of phenolic OH excluding ortho intramolecular Hbond substituents is 1. The summed E-state index contributed by atoms with van der Waals surface area (Å²) in [6.07, 6.45) is 4.75. The zero-order chi connectivity index (χ0) is 25.6. The van der Waals surface area contributed by atoms with Crippen LogP contribution in [0.2, 0.25) is 5.02 Å². The van der Waals surface area contributed by atoms with E-state index in [4.69, 9.17) is 11.6 Å². The molecule has 1 aliphatic rings. The van der Waals surface area contributed by atoms with E-state index in [1.807, 2.05) is 4.90 Å². The lowest BCUT2D eigenvalue weighted by Crippen LogP contribution is -2.40. The molecular formula is C25H22ClFN4O4S. The number of halogens is 2. The number of sulfone groups is 1. The monoisotopic (exact) mass is 528 g/mol. The highest BCUT2D eigenvalue weighted by Gasteiger charge is 2.23. The van der Waals surface area contributed by atoms with Crippen LogP contribution in [0.5, 0.6) is 5.75 Å². The van der Waals surface area contributed by atoms with Crippen LogP contribution in [0.4, 0.5) is 10.2 Å². The van der Waals surface area contributed by atoms with Crippen LogP contribution in [0.1, 0.15) is 0 Å². The summed E-state index contributed by atoms with van der Waals surface area (Å²) in [5, 5.41) is 11.4. The topological polar surface area (TPSA) is 97.4 Å². The fraction of sp³-hybridized carbons (Fsp3) is 0.200. The third kappa shape index (κ3) is 4.49. The van der Waals surface area contributed by atoms with Gasteiger partial charge in [0.15, 0.2) is 9.84 Å². The van der Waals surface area contributed by atoms with Gasteiger partial charge in [0.2, 0.25) is 0 Å². The molecule has 3 heterocycles. The van der Waals surface area contributed by atoms with Crippen molar-refractivity contribution in [2.45, 2.75) is 0 Å². The largest absolute Gasteiger partial charge is 0.507 e. The Morgan fingerprint density at radius 2 is 1.67 bits per heavy atom. The second kappa shape index (κ2) is 9.11. The minimum absolute atomic E-state index is 0.0418. The summed E-state index contributed by atoms with van der Waals surface area (Å²) < 4.78 is 41.1. The summed E-state index contributed by atoms with van der Waals surface area (Å²) in [4.78, 5) is 18.5. The van der Waals surface area contributed by atoms with Gasteiger partial charge in [-0.05, 0) is 47.5 Å². The van der Waals surface area contributed by atoms with Crippen molar-refractivity contribution < 1.29 is 17.9 Å². The molecule has 1 N–H and O–H groups in total. The molecule has 36 heavy (non-hydrogen) atoms. The van der Waals surface area contributed by atoms with Crippen LogP contribution in [-0.4, -0.2) is 52.2 Å². The van der Waals surface area contributed by atoms with Crippen LogP contribution in [-0.2, 0) is 16.9 Å². The van der Waals surface area contributed by atoms with Crippen molar-refractivity contribution in [2.75, 3.05) is 29.5 Å².